The second-order valence-electron chi connectivity index (χ2n) is 4.90. The van der Waals surface area contributed by atoms with Crippen molar-refractivity contribution in [3.05, 3.63) is 12.7 Å². The average Bonchev–Trinajstić information content (AvgIpc) is 2.43. The van der Waals surface area contributed by atoms with E-state index in [0.29, 0.717) is 6.61 Å². The van der Waals surface area contributed by atoms with E-state index in [1.54, 1.807) is 7.11 Å². The number of methoxy groups -OCH3 is 1. The zero-order chi connectivity index (χ0) is 14.2. The summed E-state index contributed by atoms with van der Waals surface area (Å²) in [6.07, 6.45) is 13.7. The van der Waals surface area contributed by atoms with Gasteiger partial charge in [-0.05, 0) is 12.8 Å². The number of esters is 1. The summed E-state index contributed by atoms with van der Waals surface area (Å²) in [6.45, 7) is 4.79. The van der Waals surface area contributed by atoms with Crippen LogP contribution in [0.15, 0.2) is 12.7 Å². The predicted molar refractivity (Wildman–Crippen MR) is 79.2 cm³/mol. The molecule has 0 fully saturated rings. The van der Waals surface area contributed by atoms with E-state index in [-0.39, 0.29) is 5.97 Å². The number of hydrogen-bond acceptors (Lipinski definition) is 3. The Morgan fingerprint density at radius 3 is 1.68 bits per heavy atom. The van der Waals surface area contributed by atoms with Crippen LogP contribution in [0.25, 0.3) is 0 Å². The fraction of sp³-hybridized carbons (Fsp3) is 0.812. The number of ether oxygens (including phenoxy) is 2. The van der Waals surface area contributed by atoms with Crippen LogP contribution in [0.5, 0.6) is 0 Å². The highest BCUT2D eigenvalue weighted by molar-refractivity contribution is 5.81. The predicted octanol–water partition coefficient (Wildman–Crippen LogP) is 4.26. The van der Waals surface area contributed by atoms with Gasteiger partial charge in [-0.25, -0.2) is 4.79 Å². The third-order valence-electron chi connectivity index (χ3n) is 3.15. The third-order valence-corrected chi connectivity index (χ3v) is 3.15. The first kappa shape index (κ1) is 18.2. The molecule has 19 heavy (non-hydrogen) atoms. The monoisotopic (exact) mass is 270 g/mol. The Hall–Kier alpha value is -0.830. The van der Waals surface area contributed by atoms with Gasteiger partial charge < -0.3 is 9.47 Å². The van der Waals surface area contributed by atoms with Gasteiger partial charge in [-0.1, -0.05) is 57.9 Å². The molecule has 0 unspecified atom stereocenters. The van der Waals surface area contributed by atoms with E-state index in [9.17, 15) is 4.79 Å². The number of hydrogen-bond donors (Lipinski definition) is 0. The van der Waals surface area contributed by atoms with Crippen LogP contribution in [0.1, 0.15) is 64.2 Å². The van der Waals surface area contributed by atoms with Gasteiger partial charge >= 0.3 is 5.97 Å². The van der Waals surface area contributed by atoms with Gasteiger partial charge in [0.25, 0.3) is 0 Å². The van der Waals surface area contributed by atoms with Crippen LogP contribution < -0.4 is 0 Å². The highest BCUT2D eigenvalue weighted by Crippen LogP contribution is 2.10. The largest absolute Gasteiger partial charge is 0.463 e. The molecule has 0 saturated heterocycles. The van der Waals surface area contributed by atoms with Crippen molar-refractivity contribution in [3.63, 3.8) is 0 Å². The Morgan fingerprint density at radius 1 is 0.842 bits per heavy atom. The first-order valence-electron chi connectivity index (χ1n) is 7.59. The normalized spacial score (nSPS) is 10.4. The Morgan fingerprint density at radius 2 is 1.26 bits per heavy atom. The van der Waals surface area contributed by atoms with E-state index < -0.39 is 0 Å². The lowest BCUT2D eigenvalue weighted by Crippen LogP contribution is -2.01. The smallest absolute Gasteiger partial charge is 0.330 e. The molecule has 0 saturated carbocycles. The molecule has 0 amide bonds. The summed E-state index contributed by atoms with van der Waals surface area (Å²) in [5.41, 5.74) is 0. The van der Waals surface area contributed by atoms with E-state index in [1.165, 1.54) is 57.4 Å². The molecule has 3 heteroatoms. The topological polar surface area (TPSA) is 35.5 Å². The summed E-state index contributed by atoms with van der Waals surface area (Å²) in [6, 6.07) is 0. The van der Waals surface area contributed by atoms with Gasteiger partial charge in [-0.2, -0.15) is 0 Å². The summed E-state index contributed by atoms with van der Waals surface area (Å²) >= 11 is 0. The second-order valence-corrected chi connectivity index (χ2v) is 4.90. The van der Waals surface area contributed by atoms with E-state index in [0.717, 1.165) is 19.4 Å². The summed E-state index contributed by atoms with van der Waals surface area (Å²) in [5.74, 6) is -0.312. The molecule has 0 rings (SSSR count). The SMILES string of the molecule is C=CC(=O)OCCCCCCCCCCCCOC. The van der Waals surface area contributed by atoms with Crippen LogP contribution in [0.4, 0.5) is 0 Å². The molecule has 0 aromatic rings. The minimum atomic E-state index is -0.312. The molecule has 0 heterocycles. The number of carbonyl (C=O) groups excluding carboxylic acids is 1. The summed E-state index contributed by atoms with van der Waals surface area (Å²) < 4.78 is 9.93. The fourth-order valence-corrected chi connectivity index (χ4v) is 1.99. The first-order valence-corrected chi connectivity index (χ1v) is 7.59. The summed E-state index contributed by atoms with van der Waals surface area (Å²) in [7, 11) is 1.76. The van der Waals surface area contributed by atoms with Gasteiger partial charge in [0.1, 0.15) is 0 Å². The molecular weight excluding hydrogens is 240 g/mol. The number of rotatable bonds is 14. The zero-order valence-electron chi connectivity index (χ0n) is 12.5. The molecule has 0 bridgehead atoms. The molecule has 0 spiro atoms. The summed E-state index contributed by atoms with van der Waals surface area (Å²) in [5, 5.41) is 0. The van der Waals surface area contributed by atoms with Gasteiger partial charge in [0.15, 0.2) is 0 Å². The van der Waals surface area contributed by atoms with Crippen molar-refractivity contribution in [2.75, 3.05) is 20.3 Å². The quantitative estimate of drug-likeness (QED) is 0.269. The van der Waals surface area contributed by atoms with Crippen LogP contribution in [0, 0.1) is 0 Å². The number of carbonyl (C=O) groups is 1. The van der Waals surface area contributed by atoms with Crippen LogP contribution >= 0.6 is 0 Å². The maximum atomic E-state index is 10.8. The molecule has 3 nitrogen and oxygen atoms in total. The van der Waals surface area contributed by atoms with E-state index in [1.807, 2.05) is 0 Å². The van der Waals surface area contributed by atoms with Crippen molar-refractivity contribution in [1.29, 1.82) is 0 Å². The lowest BCUT2D eigenvalue weighted by atomic mass is 10.1. The maximum Gasteiger partial charge on any atom is 0.330 e. The molecular formula is C16H30O3. The van der Waals surface area contributed by atoms with Gasteiger partial charge in [0.05, 0.1) is 6.61 Å². The molecule has 0 aliphatic heterocycles. The lowest BCUT2D eigenvalue weighted by molar-refractivity contribution is -0.137. The van der Waals surface area contributed by atoms with Crippen LogP contribution in [0.2, 0.25) is 0 Å². The molecule has 0 aromatic carbocycles. The lowest BCUT2D eigenvalue weighted by Gasteiger charge is -2.03. The second kappa shape index (κ2) is 15.2. The average molecular weight is 270 g/mol. The standard InChI is InChI=1S/C16H30O3/c1-3-16(17)19-15-13-11-9-7-5-4-6-8-10-12-14-18-2/h3H,1,4-15H2,2H3. The van der Waals surface area contributed by atoms with Crippen LogP contribution in [0.3, 0.4) is 0 Å². The van der Waals surface area contributed by atoms with Crippen molar-refractivity contribution < 1.29 is 14.3 Å². The van der Waals surface area contributed by atoms with Crippen LogP contribution in [-0.4, -0.2) is 26.3 Å². The molecule has 0 aromatic heterocycles. The third kappa shape index (κ3) is 15.1. The first-order chi connectivity index (χ1) is 9.31. The summed E-state index contributed by atoms with van der Waals surface area (Å²) in [4.78, 5) is 10.8. The van der Waals surface area contributed by atoms with Gasteiger partial charge in [-0.15, -0.1) is 0 Å². The van der Waals surface area contributed by atoms with Crippen molar-refractivity contribution in [1.82, 2.24) is 0 Å². The van der Waals surface area contributed by atoms with E-state index in [4.69, 9.17) is 9.47 Å². The van der Waals surface area contributed by atoms with Crippen molar-refractivity contribution in [2.24, 2.45) is 0 Å². The van der Waals surface area contributed by atoms with Crippen molar-refractivity contribution >= 4 is 5.97 Å². The van der Waals surface area contributed by atoms with Gasteiger partial charge in [0.2, 0.25) is 0 Å². The molecule has 0 atom stereocenters. The fourth-order valence-electron chi connectivity index (χ4n) is 1.99. The highest BCUT2D eigenvalue weighted by Gasteiger charge is 1.96. The Labute approximate surface area is 118 Å². The molecule has 112 valence electrons. The molecule has 0 aliphatic carbocycles. The van der Waals surface area contributed by atoms with Gasteiger partial charge in [0, 0.05) is 19.8 Å². The highest BCUT2D eigenvalue weighted by atomic mass is 16.5. The van der Waals surface area contributed by atoms with Crippen molar-refractivity contribution in [3.8, 4) is 0 Å². The Bertz CT molecular complexity index is 214. The Kier molecular flexibility index (Phi) is 14.6. The molecule has 0 radical (unpaired) electrons. The minimum Gasteiger partial charge on any atom is -0.463 e. The Balaban J connectivity index is 2.99. The van der Waals surface area contributed by atoms with Crippen LogP contribution in [-0.2, 0) is 14.3 Å². The van der Waals surface area contributed by atoms with Gasteiger partial charge in [-0.3, -0.25) is 0 Å². The zero-order valence-corrected chi connectivity index (χ0v) is 12.5. The van der Waals surface area contributed by atoms with Crippen molar-refractivity contribution in [2.45, 2.75) is 64.2 Å². The minimum absolute atomic E-state index is 0.312. The van der Waals surface area contributed by atoms with E-state index in [2.05, 4.69) is 6.58 Å². The molecule has 0 aliphatic rings. The number of unbranched alkanes of at least 4 members (excludes halogenated alkanes) is 9. The van der Waals surface area contributed by atoms with E-state index >= 15 is 0 Å². The maximum absolute atomic E-state index is 10.8. The molecule has 0 N–H and O–H groups in total.